The maximum absolute atomic E-state index is 11.5. The van der Waals surface area contributed by atoms with Gasteiger partial charge in [0.05, 0.1) is 5.25 Å². The van der Waals surface area contributed by atoms with Crippen LogP contribution < -0.4 is 5.73 Å². The summed E-state index contributed by atoms with van der Waals surface area (Å²) in [6.07, 6.45) is 3.75. The quantitative estimate of drug-likeness (QED) is 0.763. The number of nitrogens with one attached hydrogen (secondary N) is 1. The molecule has 1 fully saturated rings. The lowest BCUT2D eigenvalue weighted by Gasteiger charge is -2.17. The number of nitrogen functional groups attached to an aromatic ring is 1. The molecule has 0 aliphatic heterocycles. The van der Waals surface area contributed by atoms with Gasteiger partial charge in [0.2, 0.25) is 11.1 Å². The number of hydrogen-bond donors (Lipinski definition) is 2. The van der Waals surface area contributed by atoms with Crippen molar-refractivity contribution in [3.05, 3.63) is 0 Å². The van der Waals surface area contributed by atoms with Crippen molar-refractivity contribution in [1.29, 1.82) is 0 Å². The highest BCUT2D eigenvalue weighted by molar-refractivity contribution is 8.00. The van der Waals surface area contributed by atoms with Gasteiger partial charge in [-0.3, -0.25) is 4.79 Å². The molecular weight excluding hydrogens is 200 g/mol. The van der Waals surface area contributed by atoms with Crippen LogP contribution in [0.3, 0.4) is 0 Å². The SMILES string of the molecule is Nc1nc(SC2CCCCC2=O)n[nH]1. The van der Waals surface area contributed by atoms with Crippen molar-refractivity contribution in [3.63, 3.8) is 0 Å². The second-order valence-corrected chi connectivity index (χ2v) is 4.49. The van der Waals surface area contributed by atoms with Gasteiger partial charge in [0.1, 0.15) is 5.78 Å². The van der Waals surface area contributed by atoms with Crippen molar-refractivity contribution >= 4 is 23.5 Å². The van der Waals surface area contributed by atoms with Crippen LogP contribution in [0, 0.1) is 0 Å². The molecule has 2 rings (SSSR count). The van der Waals surface area contributed by atoms with Crippen molar-refractivity contribution in [1.82, 2.24) is 15.2 Å². The topological polar surface area (TPSA) is 84.7 Å². The Kier molecular flexibility index (Phi) is 2.72. The fourth-order valence-corrected chi connectivity index (χ4v) is 2.55. The van der Waals surface area contributed by atoms with Crippen LogP contribution in [0.1, 0.15) is 25.7 Å². The average molecular weight is 212 g/mol. The Morgan fingerprint density at radius 3 is 3.00 bits per heavy atom. The Bertz CT molecular complexity index is 338. The molecule has 0 aromatic carbocycles. The van der Waals surface area contributed by atoms with E-state index in [0.717, 1.165) is 19.3 Å². The fraction of sp³-hybridized carbons (Fsp3) is 0.625. The summed E-state index contributed by atoms with van der Waals surface area (Å²) in [6, 6.07) is 0. The van der Waals surface area contributed by atoms with E-state index in [2.05, 4.69) is 15.2 Å². The van der Waals surface area contributed by atoms with E-state index in [-0.39, 0.29) is 5.25 Å². The number of carbonyl (C=O) groups excluding carboxylic acids is 1. The predicted octanol–water partition coefficient (Wildman–Crippen LogP) is 0.991. The lowest BCUT2D eigenvalue weighted by Crippen LogP contribution is -2.21. The van der Waals surface area contributed by atoms with Gasteiger partial charge in [-0.05, 0) is 12.8 Å². The van der Waals surface area contributed by atoms with E-state index < -0.39 is 0 Å². The Morgan fingerprint density at radius 1 is 1.50 bits per heavy atom. The zero-order valence-electron chi connectivity index (χ0n) is 7.69. The number of rotatable bonds is 2. The molecule has 14 heavy (non-hydrogen) atoms. The van der Waals surface area contributed by atoms with Crippen molar-refractivity contribution in [2.75, 3.05) is 5.73 Å². The third-order valence-corrected chi connectivity index (χ3v) is 3.40. The molecule has 0 spiro atoms. The van der Waals surface area contributed by atoms with Crippen LogP contribution >= 0.6 is 11.8 Å². The molecule has 1 atom stereocenters. The van der Waals surface area contributed by atoms with Crippen molar-refractivity contribution in [3.8, 4) is 0 Å². The summed E-state index contributed by atoms with van der Waals surface area (Å²) < 4.78 is 0. The van der Waals surface area contributed by atoms with Crippen LogP contribution in [0.25, 0.3) is 0 Å². The number of aromatic amines is 1. The smallest absolute Gasteiger partial charge is 0.216 e. The second-order valence-electron chi connectivity index (χ2n) is 3.32. The number of nitrogens with two attached hydrogens (primary N) is 1. The van der Waals surface area contributed by atoms with Gasteiger partial charge in [-0.25, -0.2) is 5.10 Å². The normalized spacial score (nSPS) is 22.6. The van der Waals surface area contributed by atoms with Gasteiger partial charge in [0.15, 0.2) is 0 Å². The molecule has 6 heteroatoms. The molecule has 0 bridgehead atoms. The Morgan fingerprint density at radius 2 is 2.36 bits per heavy atom. The predicted molar refractivity (Wildman–Crippen MR) is 53.9 cm³/mol. The molecule has 3 N–H and O–H groups in total. The molecule has 76 valence electrons. The van der Waals surface area contributed by atoms with Crippen LogP contribution in [0.15, 0.2) is 5.16 Å². The molecule has 1 aliphatic rings. The van der Waals surface area contributed by atoms with E-state index in [4.69, 9.17) is 5.73 Å². The lowest BCUT2D eigenvalue weighted by molar-refractivity contribution is -0.119. The summed E-state index contributed by atoms with van der Waals surface area (Å²) in [5, 5.41) is 7.05. The zero-order chi connectivity index (χ0) is 9.97. The first kappa shape index (κ1) is 9.51. The highest BCUT2D eigenvalue weighted by atomic mass is 32.2. The van der Waals surface area contributed by atoms with Crippen molar-refractivity contribution < 1.29 is 4.79 Å². The largest absolute Gasteiger partial charge is 0.368 e. The first-order chi connectivity index (χ1) is 6.75. The van der Waals surface area contributed by atoms with Gasteiger partial charge >= 0.3 is 0 Å². The third kappa shape index (κ3) is 2.06. The first-order valence-corrected chi connectivity index (χ1v) is 5.51. The zero-order valence-corrected chi connectivity index (χ0v) is 8.51. The summed E-state index contributed by atoms with van der Waals surface area (Å²) in [5.41, 5.74) is 5.39. The van der Waals surface area contributed by atoms with Gasteiger partial charge in [-0.2, -0.15) is 4.98 Å². The second kappa shape index (κ2) is 4.00. The van der Waals surface area contributed by atoms with Crippen molar-refractivity contribution in [2.45, 2.75) is 36.1 Å². The fourth-order valence-electron chi connectivity index (χ4n) is 1.51. The minimum absolute atomic E-state index is 0.0268. The Labute approximate surface area is 85.9 Å². The number of H-pyrrole nitrogens is 1. The van der Waals surface area contributed by atoms with Crippen LogP contribution in [-0.4, -0.2) is 26.2 Å². The molecule has 0 amide bonds. The molecule has 1 heterocycles. The van der Waals surface area contributed by atoms with Gasteiger partial charge < -0.3 is 5.73 Å². The van der Waals surface area contributed by atoms with E-state index in [1.54, 1.807) is 0 Å². The van der Waals surface area contributed by atoms with Gasteiger partial charge in [-0.1, -0.05) is 18.2 Å². The number of Topliss-reactive ketones (excluding diaryl/α,β-unsaturated/α-hetero) is 1. The van der Waals surface area contributed by atoms with Gasteiger partial charge in [0.25, 0.3) is 0 Å². The maximum Gasteiger partial charge on any atom is 0.216 e. The third-order valence-electron chi connectivity index (χ3n) is 2.23. The monoisotopic (exact) mass is 212 g/mol. The summed E-state index contributed by atoms with van der Waals surface area (Å²) in [4.78, 5) is 15.4. The summed E-state index contributed by atoms with van der Waals surface area (Å²) in [6.45, 7) is 0. The number of anilines is 1. The van der Waals surface area contributed by atoms with E-state index in [1.165, 1.54) is 11.8 Å². The van der Waals surface area contributed by atoms with E-state index in [0.29, 0.717) is 23.3 Å². The molecular formula is C8H12N4OS. The minimum atomic E-state index is 0.0268. The molecule has 0 radical (unpaired) electrons. The number of aromatic nitrogens is 3. The lowest BCUT2D eigenvalue weighted by atomic mass is 9.99. The van der Waals surface area contributed by atoms with Crippen LogP contribution in [0.4, 0.5) is 5.95 Å². The molecule has 1 unspecified atom stereocenters. The molecule has 1 saturated carbocycles. The van der Waals surface area contributed by atoms with Crippen LogP contribution in [0.5, 0.6) is 0 Å². The van der Waals surface area contributed by atoms with Gasteiger partial charge in [-0.15, -0.1) is 5.10 Å². The van der Waals surface area contributed by atoms with Gasteiger partial charge in [0, 0.05) is 6.42 Å². The minimum Gasteiger partial charge on any atom is -0.368 e. The molecule has 1 aromatic heterocycles. The number of hydrogen-bond acceptors (Lipinski definition) is 5. The standard InChI is InChI=1S/C8H12N4OS/c9-7-10-8(12-11-7)14-6-4-2-1-3-5(6)13/h6H,1-4H2,(H3,9,10,11,12). The molecule has 5 nitrogen and oxygen atoms in total. The molecule has 0 saturated heterocycles. The van der Waals surface area contributed by atoms with Crippen LogP contribution in [0.2, 0.25) is 0 Å². The number of thioether (sulfide) groups is 1. The highest BCUT2D eigenvalue weighted by Gasteiger charge is 2.24. The van der Waals surface area contributed by atoms with E-state index >= 15 is 0 Å². The number of carbonyl (C=O) groups is 1. The van der Waals surface area contributed by atoms with Crippen LogP contribution in [-0.2, 0) is 4.79 Å². The molecule has 1 aromatic rings. The Hall–Kier alpha value is -1.04. The van der Waals surface area contributed by atoms with Crippen molar-refractivity contribution in [2.24, 2.45) is 0 Å². The summed E-state index contributed by atoms with van der Waals surface area (Å²) in [7, 11) is 0. The first-order valence-electron chi connectivity index (χ1n) is 4.63. The maximum atomic E-state index is 11.5. The molecule has 1 aliphatic carbocycles. The number of ketones is 1. The average Bonchev–Trinajstić information content (AvgIpc) is 2.56. The summed E-state index contributed by atoms with van der Waals surface area (Å²) >= 11 is 1.41. The highest BCUT2D eigenvalue weighted by Crippen LogP contribution is 2.29. The van der Waals surface area contributed by atoms with E-state index in [1.807, 2.05) is 0 Å². The summed E-state index contributed by atoms with van der Waals surface area (Å²) in [5.74, 6) is 0.611. The van der Waals surface area contributed by atoms with E-state index in [9.17, 15) is 4.79 Å². The number of nitrogens with zero attached hydrogens (tertiary/aromatic N) is 2. The Balaban J connectivity index is 1.99.